The van der Waals surface area contributed by atoms with E-state index in [9.17, 15) is 13.2 Å². The van der Waals surface area contributed by atoms with E-state index < -0.39 is 23.6 Å². The number of ether oxygens (including phenoxy) is 1. The molecule has 0 spiro atoms. The third-order valence-electron chi connectivity index (χ3n) is 5.42. The van der Waals surface area contributed by atoms with Gasteiger partial charge in [-0.2, -0.15) is 13.2 Å². The standard InChI is InChI=1S/C23H19Cl2F4N5O/c1-3-8-35-19-13(11(2)22-33-20(25)18-21(30)31-6-7-34(18)22)9-14(24)17(26)16(19)12-4-5-15(32-10-12)23(27,28)29/h4-7,9-11H,3,8H2,1-2H3,(H2,30,31)/t11-/m1/s1. The number of imidazole rings is 1. The minimum Gasteiger partial charge on any atom is -0.493 e. The first-order valence-corrected chi connectivity index (χ1v) is 11.3. The summed E-state index contributed by atoms with van der Waals surface area (Å²) in [5, 5.41) is -0.104. The van der Waals surface area contributed by atoms with Gasteiger partial charge in [-0.3, -0.25) is 9.38 Å². The fourth-order valence-corrected chi connectivity index (χ4v) is 4.25. The second-order valence-corrected chi connectivity index (χ2v) is 8.52. The topological polar surface area (TPSA) is 78.3 Å². The quantitative estimate of drug-likeness (QED) is 0.279. The molecule has 3 aromatic heterocycles. The van der Waals surface area contributed by atoms with E-state index in [2.05, 4.69) is 15.0 Å². The molecule has 4 aromatic rings. The summed E-state index contributed by atoms with van der Waals surface area (Å²) in [7, 11) is 0. The molecule has 35 heavy (non-hydrogen) atoms. The molecule has 2 N–H and O–H groups in total. The maximum Gasteiger partial charge on any atom is 0.433 e. The van der Waals surface area contributed by atoms with Gasteiger partial charge in [0.1, 0.15) is 22.8 Å². The molecule has 184 valence electrons. The van der Waals surface area contributed by atoms with Gasteiger partial charge in [0, 0.05) is 35.6 Å². The van der Waals surface area contributed by atoms with Crippen molar-refractivity contribution in [2.75, 3.05) is 12.3 Å². The van der Waals surface area contributed by atoms with Crippen LogP contribution in [0.2, 0.25) is 10.2 Å². The molecular weight excluding hydrogens is 509 g/mol. The fraction of sp³-hybridized carbons (Fsp3) is 0.261. The van der Waals surface area contributed by atoms with Crippen molar-refractivity contribution in [1.29, 1.82) is 0 Å². The number of alkyl halides is 3. The summed E-state index contributed by atoms with van der Waals surface area (Å²) in [4.78, 5) is 11.9. The van der Waals surface area contributed by atoms with Crippen molar-refractivity contribution in [3.05, 3.63) is 69.9 Å². The number of hydrogen-bond donors (Lipinski definition) is 1. The zero-order valence-corrected chi connectivity index (χ0v) is 20.0. The average molecular weight is 528 g/mol. The minimum absolute atomic E-state index is 0.0806. The van der Waals surface area contributed by atoms with Gasteiger partial charge >= 0.3 is 6.18 Å². The third kappa shape index (κ3) is 4.60. The van der Waals surface area contributed by atoms with Crippen molar-refractivity contribution < 1.29 is 22.3 Å². The summed E-state index contributed by atoms with van der Waals surface area (Å²) in [6, 6.07) is 3.32. The van der Waals surface area contributed by atoms with Gasteiger partial charge in [-0.1, -0.05) is 43.1 Å². The minimum atomic E-state index is -4.63. The Morgan fingerprint density at radius 3 is 2.57 bits per heavy atom. The SMILES string of the molecule is CCCOc1c([C@@H](C)c2nc(Cl)c3c(N)nccn23)cc(Cl)c(F)c1-c1ccc(C(F)(F)F)nc1. The first kappa shape index (κ1) is 25.0. The van der Waals surface area contributed by atoms with Gasteiger partial charge in [-0.05, 0) is 18.6 Å². The molecule has 3 heterocycles. The number of nitrogen functional groups attached to an aromatic ring is 1. The number of benzene rings is 1. The first-order valence-electron chi connectivity index (χ1n) is 10.5. The molecule has 0 aliphatic heterocycles. The van der Waals surface area contributed by atoms with Crippen LogP contribution in [-0.4, -0.2) is 26.0 Å². The number of anilines is 1. The molecular formula is C23H19Cl2F4N5O. The van der Waals surface area contributed by atoms with E-state index in [0.29, 0.717) is 23.3 Å². The Balaban J connectivity index is 1.93. The molecule has 0 bridgehead atoms. The highest BCUT2D eigenvalue weighted by Crippen LogP contribution is 2.44. The number of nitrogens with zero attached hydrogens (tertiary/aromatic N) is 4. The number of pyridine rings is 1. The molecule has 1 aromatic carbocycles. The average Bonchev–Trinajstić information content (AvgIpc) is 3.16. The monoisotopic (exact) mass is 527 g/mol. The number of hydrogen-bond acceptors (Lipinski definition) is 5. The Hall–Kier alpha value is -3.11. The normalized spacial score (nSPS) is 12.8. The van der Waals surface area contributed by atoms with Gasteiger partial charge in [0.15, 0.2) is 16.8 Å². The van der Waals surface area contributed by atoms with Gasteiger partial charge < -0.3 is 10.5 Å². The molecule has 0 saturated carbocycles. The summed E-state index contributed by atoms with van der Waals surface area (Å²) in [5.41, 5.74) is 5.71. The zero-order valence-electron chi connectivity index (χ0n) is 18.5. The number of nitrogens with two attached hydrogens (primary N) is 1. The van der Waals surface area contributed by atoms with E-state index in [4.69, 9.17) is 33.7 Å². The maximum absolute atomic E-state index is 15.3. The van der Waals surface area contributed by atoms with Crippen molar-refractivity contribution in [2.24, 2.45) is 0 Å². The highest BCUT2D eigenvalue weighted by atomic mass is 35.5. The lowest BCUT2D eigenvalue weighted by atomic mass is 9.93. The van der Waals surface area contributed by atoms with Crippen LogP contribution in [0.25, 0.3) is 16.6 Å². The van der Waals surface area contributed by atoms with Crippen molar-refractivity contribution in [2.45, 2.75) is 32.4 Å². The Bertz CT molecular complexity index is 1390. The van der Waals surface area contributed by atoms with Crippen LogP contribution in [0.1, 0.15) is 43.3 Å². The first-order chi connectivity index (χ1) is 16.5. The lowest BCUT2D eigenvalue weighted by Crippen LogP contribution is -2.10. The van der Waals surface area contributed by atoms with Crippen molar-refractivity contribution in [1.82, 2.24) is 19.4 Å². The molecule has 0 radical (unpaired) electrons. The van der Waals surface area contributed by atoms with Crippen molar-refractivity contribution in [3.8, 4) is 16.9 Å². The van der Waals surface area contributed by atoms with Gasteiger partial charge in [0.25, 0.3) is 0 Å². The van der Waals surface area contributed by atoms with E-state index in [1.807, 2.05) is 6.92 Å². The molecule has 12 heteroatoms. The van der Waals surface area contributed by atoms with E-state index >= 15 is 4.39 Å². The Morgan fingerprint density at radius 2 is 1.94 bits per heavy atom. The summed E-state index contributed by atoms with van der Waals surface area (Å²) >= 11 is 12.5. The van der Waals surface area contributed by atoms with Gasteiger partial charge in [-0.15, -0.1) is 0 Å². The van der Waals surface area contributed by atoms with Gasteiger partial charge in [0.2, 0.25) is 0 Å². The maximum atomic E-state index is 15.3. The molecule has 0 fully saturated rings. The molecule has 0 aliphatic rings. The zero-order chi connectivity index (χ0) is 25.5. The highest BCUT2D eigenvalue weighted by Gasteiger charge is 2.33. The number of fused-ring (bicyclic) bond motifs is 1. The third-order valence-corrected chi connectivity index (χ3v) is 5.95. The molecule has 6 nitrogen and oxygen atoms in total. The lowest BCUT2D eigenvalue weighted by Gasteiger charge is -2.21. The van der Waals surface area contributed by atoms with Crippen molar-refractivity contribution >= 4 is 34.5 Å². The van der Waals surface area contributed by atoms with Crippen LogP contribution in [0.4, 0.5) is 23.4 Å². The Labute approximate surface area is 207 Å². The summed E-state index contributed by atoms with van der Waals surface area (Å²) in [6.45, 7) is 3.88. The molecule has 1 atom stereocenters. The highest BCUT2D eigenvalue weighted by molar-refractivity contribution is 6.33. The largest absolute Gasteiger partial charge is 0.493 e. The smallest absolute Gasteiger partial charge is 0.433 e. The molecule has 0 amide bonds. The van der Waals surface area contributed by atoms with Crippen LogP contribution in [0.5, 0.6) is 5.75 Å². The second-order valence-electron chi connectivity index (χ2n) is 7.76. The predicted molar refractivity (Wildman–Crippen MR) is 125 cm³/mol. The van der Waals surface area contributed by atoms with Crippen LogP contribution >= 0.6 is 23.2 Å². The van der Waals surface area contributed by atoms with Gasteiger partial charge in [-0.25, -0.2) is 14.4 Å². The molecule has 0 unspecified atom stereocenters. The van der Waals surface area contributed by atoms with Crippen LogP contribution in [0.3, 0.4) is 0 Å². The number of aromatic nitrogens is 4. The Morgan fingerprint density at radius 1 is 1.20 bits per heavy atom. The Kier molecular flexibility index (Phi) is 6.79. The molecule has 0 aliphatic carbocycles. The van der Waals surface area contributed by atoms with Crippen LogP contribution < -0.4 is 10.5 Å². The number of halogens is 6. The molecule has 0 saturated heterocycles. The van der Waals surface area contributed by atoms with E-state index in [0.717, 1.165) is 18.3 Å². The summed E-state index contributed by atoms with van der Waals surface area (Å²) in [6.07, 6.45) is 0.0310. The second kappa shape index (κ2) is 9.50. The van der Waals surface area contributed by atoms with E-state index in [1.165, 1.54) is 12.3 Å². The van der Waals surface area contributed by atoms with E-state index in [1.54, 1.807) is 17.5 Å². The van der Waals surface area contributed by atoms with E-state index in [-0.39, 0.29) is 39.5 Å². The number of rotatable bonds is 6. The molecule has 4 rings (SSSR count). The predicted octanol–water partition coefficient (Wildman–Crippen LogP) is 6.78. The van der Waals surface area contributed by atoms with Crippen LogP contribution in [0.15, 0.2) is 36.8 Å². The van der Waals surface area contributed by atoms with Crippen LogP contribution in [-0.2, 0) is 6.18 Å². The fourth-order valence-electron chi connectivity index (χ4n) is 3.76. The van der Waals surface area contributed by atoms with Crippen LogP contribution in [0, 0.1) is 5.82 Å². The lowest BCUT2D eigenvalue weighted by molar-refractivity contribution is -0.141. The van der Waals surface area contributed by atoms with Gasteiger partial charge in [0.05, 0.1) is 17.2 Å². The van der Waals surface area contributed by atoms with Crippen molar-refractivity contribution in [3.63, 3.8) is 0 Å². The summed E-state index contributed by atoms with van der Waals surface area (Å²) < 4.78 is 62.0. The summed E-state index contributed by atoms with van der Waals surface area (Å²) in [5.74, 6) is -0.616.